The van der Waals surface area contributed by atoms with Crippen molar-refractivity contribution in [2.24, 2.45) is 0 Å². The summed E-state index contributed by atoms with van der Waals surface area (Å²) in [6, 6.07) is 6.12. The van der Waals surface area contributed by atoms with Crippen LogP contribution in [-0.2, 0) is 19.5 Å². The lowest BCUT2D eigenvalue weighted by Crippen LogP contribution is -2.15. The van der Waals surface area contributed by atoms with Crippen LogP contribution in [0, 0.1) is 0 Å². The van der Waals surface area contributed by atoms with E-state index in [9.17, 15) is 0 Å². The summed E-state index contributed by atoms with van der Waals surface area (Å²) in [5.41, 5.74) is 2.55. The van der Waals surface area contributed by atoms with Gasteiger partial charge in [0.15, 0.2) is 0 Å². The van der Waals surface area contributed by atoms with Crippen molar-refractivity contribution >= 4 is 11.6 Å². The van der Waals surface area contributed by atoms with Crippen molar-refractivity contribution in [2.45, 2.75) is 39.8 Å². The summed E-state index contributed by atoms with van der Waals surface area (Å²) in [6.07, 6.45) is 5.85. The topological polar surface area (TPSA) is 29.9 Å². The van der Waals surface area contributed by atoms with Gasteiger partial charge in [-0.15, -0.1) is 0 Å². The van der Waals surface area contributed by atoms with Gasteiger partial charge in [0.05, 0.1) is 0 Å². The first kappa shape index (κ1) is 15.1. The number of aryl methyl sites for hydroxylation is 1. The fourth-order valence-corrected chi connectivity index (χ4v) is 2.49. The molecule has 0 aliphatic rings. The van der Waals surface area contributed by atoms with Gasteiger partial charge in [-0.2, -0.15) is 0 Å². The summed E-state index contributed by atoms with van der Waals surface area (Å²) in [5.74, 6) is 1.09. The first-order chi connectivity index (χ1) is 9.74. The summed E-state index contributed by atoms with van der Waals surface area (Å²) in [6.45, 7) is 7.17. The van der Waals surface area contributed by atoms with Gasteiger partial charge in [0.1, 0.15) is 5.82 Å². The molecule has 1 heterocycles. The van der Waals surface area contributed by atoms with Crippen LogP contribution in [0.2, 0.25) is 5.02 Å². The zero-order chi connectivity index (χ0) is 14.4. The number of nitrogens with zero attached hydrogens (tertiary/aromatic N) is 2. The molecule has 0 spiro atoms. The Morgan fingerprint density at radius 2 is 2.10 bits per heavy atom. The Bertz CT molecular complexity index is 548. The molecule has 0 bridgehead atoms. The molecule has 0 atom stereocenters. The molecule has 0 aliphatic carbocycles. The van der Waals surface area contributed by atoms with Crippen molar-refractivity contribution in [3.05, 3.63) is 52.6 Å². The van der Waals surface area contributed by atoms with Crippen LogP contribution in [0.5, 0.6) is 0 Å². The van der Waals surface area contributed by atoms with Crippen LogP contribution >= 0.6 is 11.6 Å². The van der Waals surface area contributed by atoms with Crippen LogP contribution in [-0.4, -0.2) is 16.1 Å². The first-order valence-corrected chi connectivity index (χ1v) is 7.60. The number of benzene rings is 1. The van der Waals surface area contributed by atoms with E-state index in [0.717, 1.165) is 43.3 Å². The summed E-state index contributed by atoms with van der Waals surface area (Å²) < 4.78 is 2.17. The molecule has 0 radical (unpaired) electrons. The summed E-state index contributed by atoms with van der Waals surface area (Å²) >= 11 is 6.14. The van der Waals surface area contributed by atoms with Crippen LogP contribution < -0.4 is 5.32 Å². The minimum atomic E-state index is 0.786. The second-order valence-corrected chi connectivity index (χ2v) is 5.33. The Labute approximate surface area is 126 Å². The molecular weight excluding hydrogens is 270 g/mol. The van der Waals surface area contributed by atoms with Crippen molar-refractivity contribution in [3.8, 4) is 0 Å². The maximum absolute atomic E-state index is 6.14. The molecule has 108 valence electrons. The van der Waals surface area contributed by atoms with E-state index < -0.39 is 0 Å². The molecule has 20 heavy (non-hydrogen) atoms. The molecule has 1 N–H and O–H groups in total. The molecule has 3 nitrogen and oxygen atoms in total. The number of aromatic nitrogens is 2. The normalized spacial score (nSPS) is 10.9. The highest BCUT2D eigenvalue weighted by Crippen LogP contribution is 2.19. The summed E-state index contributed by atoms with van der Waals surface area (Å²) in [7, 11) is 0. The fraction of sp³-hybridized carbons (Fsp3) is 0.438. The maximum atomic E-state index is 6.14. The van der Waals surface area contributed by atoms with Gasteiger partial charge in [-0.1, -0.05) is 24.6 Å². The molecule has 1 aromatic carbocycles. The van der Waals surface area contributed by atoms with Gasteiger partial charge in [0.2, 0.25) is 0 Å². The van der Waals surface area contributed by atoms with E-state index in [1.54, 1.807) is 0 Å². The third-order valence-corrected chi connectivity index (χ3v) is 3.64. The predicted octanol–water partition coefficient (Wildman–Crippen LogP) is 3.65. The number of halogens is 1. The number of rotatable bonds is 7. The van der Waals surface area contributed by atoms with Crippen LogP contribution in [0.15, 0.2) is 30.6 Å². The molecule has 0 saturated heterocycles. The third-order valence-electron chi connectivity index (χ3n) is 3.40. The van der Waals surface area contributed by atoms with E-state index in [-0.39, 0.29) is 0 Å². The quantitative estimate of drug-likeness (QED) is 0.789. The van der Waals surface area contributed by atoms with Crippen LogP contribution in [0.3, 0.4) is 0 Å². The zero-order valence-corrected chi connectivity index (χ0v) is 13.0. The average molecular weight is 292 g/mol. The molecular formula is C16H22ClN3. The Balaban J connectivity index is 2.18. The van der Waals surface area contributed by atoms with Crippen molar-refractivity contribution < 1.29 is 0 Å². The number of nitrogens with one attached hydrogen (secondary N) is 1. The highest BCUT2D eigenvalue weighted by Gasteiger charge is 2.08. The van der Waals surface area contributed by atoms with Gasteiger partial charge in [-0.3, -0.25) is 0 Å². The monoisotopic (exact) mass is 291 g/mol. The predicted molar refractivity (Wildman–Crippen MR) is 84.2 cm³/mol. The summed E-state index contributed by atoms with van der Waals surface area (Å²) in [5, 5.41) is 4.24. The van der Waals surface area contributed by atoms with E-state index in [1.807, 2.05) is 18.5 Å². The van der Waals surface area contributed by atoms with Gasteiger partial charge in [0.25, 0.3) is 0 Å². The zero-order valence-electron chi connectivity index (χ0n) is 12.2. The van der Waals surface area contributed by atoms with Crippen LogP contribution in [0.4, 0.5) is 0 Å². The highest BCUT2D eigenvalue weighted by molar-refractivity contribution is 6.30. The van der Waals surface area contributed by atoms with Gasteiger partial charge < -0.3 is 9.88 Å². The number of hydrogen-bond donors (Lipinski definition) is 1. The van der Waals surface area contributed by atoms with Crippen molar-refractivity contribution in [3.63, 3.8) is 0 Å². The fourth-order valence-electron chi connectivity index (χ4n) is 2.30. The average Bonchev–Trinajstić information content (AvgIpc) is 2.88. The first-order valence-electron chi connectivity index (χ1n) is 7.22. The highest BCUT2D eigenvalue weighted by atomic mass is 35.5. The lowest BCUT2D eigenvalue weighted by Gasteiger charge is -2.12. The van der Waals surface area contributed by atoms with Gasteiger partial charge in [-0.05, 0) is 43.1 Å². The van der Waals surface area contributed by atoms with Gasteiger partial charge in [-0.25, -0.2) is 4.98 Å². The summed E-state index contributed by atoms with van der Waals surface area (Å²) in [4.78, 5) is 4.45. The standard InChI is InChI=1S/C16H22ClN3/c1-3-7-18-12-13-5-6-15(17)10-14(13)11-16-19-8-9-20(16)4-2/h5-6,8-10,18H,3-4,7,11-12H2,1-2H3. The lowest BCUT2D eigenvalue weighted by molar-refractivity contribution is 0.668. The number of hydrogen-bond acceptors (Lipinski definition) is 2. The smallest absolute Gasteiger partial charge is 0.113 e. The second-order valence-electron chi connectivity index (χ2n) is 4.90. The lowest BCUT2D eigenvalue weighted by atomic mass is 10.0. The molecule has 0 amide bonds. The molecule has 0 aliphatic heterocycles. The second kappa shape index (κ2) is 7.46. The minimum Gasteiger partial charge on any atom is -0.335 e. The van der Waals surface area contributed by atoms with Crippen molar-refractivity contribution in [1.29, 1.82) is 0 Å². The Kier molecular flexibility index (Phi) is 5.62. The number of imidazole rings is 1. The van der Waals surface area contributed by atoms with Gasteiger partial charge in [0, 0.05) is 36.9 Å². The van der Waals surface area contributed by atoms with Crippen LogP contribution in [0.25, 0.3) is 0 Å². The largest absolute Gasteiger partial charge is 0.335 e. The Morgan fingerprint density at radius 3 is 2.85 bits per heavy atom. The van der Waals surface area contributed by atoms with E-state index >= 15 is 0 Å². The van der Waals surface area contributed by atoms with Gasteiger partial charge >= 0.3 is 0 Å². The van der Waals surface area contributed by atoms with E-state index in [1.165, 1.54) is 11.1 Å². The van der Waals surface area contributed by atoms with E-state index in [4.69, 9.17) is 11.6 Å². The van der Waals surface area contributed by atoms with Crippen LogP contribution in [0.1, 0.15) is 37.2 Å². The molecule has 2 aromatic rings. The van der Waals surface area contributed by atoms with E-state index in [0.29, 0.717) is 0 Å². The van der Waals surface area contributed by atoms with Crippen molar-refractivity contribution in [1.82, 2.24) is 14.9 Å². The molecule has 4 heteroatoms. The third kappa shape index (κ3) is 3.84. The van der Waals surface area contributed by atoms with E-state index in [2.05, 4.69) is 40.8 Å². The molecule has 1 aromatic heterocycles. The Hall–Kier alpha value is -1.32. The molecule has 2 rings (SSSR count). The molecule has 0 saturated carbocycles. The minimum absolute atomic E-state index is 0.786. The SMILES string of the molecule is CCCNCc1ccc(Cl)cc1Cc1nccn1CC. The Morgan fingerprint density at radius 1 is 1.25 bits per heavy atom. The molecule has 0 fully saturated rings. The maximum Gasteiger partial charge on any atom is 0.113 e. The van der Waals surface area contributed by atoms with Crippen molar-refractivity contribution in [2.75, 3.05) is 6.54 Å². The molecule has 0 unspecified atom stereocenters.